The van der Waals surface area contributed by atoms with Crippen molar-refractivity contribution in [2.24, 2.45) is 0 Å². The Bertz CT molecular complexity index is 1480. The predicted molar refractivity (Wildman–Crippen MR) is 143 cm³/mol. The van der Waals surface area contributed by atoms with E-state index in [-0.39, 0.29) is 34.6 Å². The van der Waals surface area contributed by atoms with E-state index in [2.05, 4.69) is 25.6 Å². The smallest absolute Gasteiger partial charge is 0.342 e. The van der Waals surface area contributed by atoms with E-state index in [1.807, 2.05) is 18.2 Å². The summed E-state index contributed by atoms with van der Waals surface area (Å²) in [5.41, 5.74) is 2.29. The van der Waals surface area contributed by atoms with Crippen LogP contribution in [-0.2, 0) is 4.74 Å². The standard InChI is InChI=1S/C26H25ClN6O4/c1-15(2)37-25(34)23-16(3)31-26(32-24(23)19-6-4-5-7-22(19)33(35)36)30-13-12-29-20-10-11-28-21-14-17(27)8-9-18(20)21/h4-11,14-15H,12-13H2,1-3H3,(H,28,29)(H,30,31,32). The molecule has 0 aliphatic heterocycles. The van der Waals surface area contributed by atoms with Crippen LogP contribution in [0.3, 0.4) is 0 Å². The number of pyridine rings is 1. The fourth-order valence-electron chi connectivity index (χ4n) is 3.84. The molecule has 2 N–H and O–H groups in total. The second-order valence-electron chi connectivity index (χ2n) is 8.46. The zero-order chi connectivity index (χ0) is 26.5. The van der Waals surface area contributed by atoms with Crippen LogP contribution in [0.4, 0.5) is 17.3 Å². The maximum absolute atomic E-state index is 12.9. The van der Waals surface area contributed by atoms with Crippen LogP contribution in [-0.4, -0.2) is 45.0 Å². The summed E-state index contributed by atoms with van der Waals surface area (Å²) in [5, 5.41) is 19.7. The van der Waals surface area contributed by atoms with Gasteiger partial charge in [-0.1, -0.05) is 23.7 Å². The first kappa shape index (κ1) is 25.8. The van der Waals surface area contributed by atoms with Crippen LogP contribution in [0.2, 0.25) is 5.02 Å². The number of nitro groups is 1. The van der Waals surface area contributed by atoms with Gasteiger partial charge in [0.15, 0.2) is 0 Å². The van der Waals surface area contributed by atoms with Crippen LogP contribution >= 0.6 is 11.6 Å². The van der Waals surface area contributed by atoms with Crippen molar-refractivity contribution in [2.75, 3.05) is 23.7 Å². The van der Waals surface area contributed by atoms with Crippen molar-refractivity contribution in [3.8, 4) is 11.3 Å². The molecule has 0 saturated carbocycles. The number of ether oxygens (including phenoxy) is 1. The van der Waals surface area contributed by atoms with E-state index in [9.17, 15) is 14.9 Å². The fraction of sp³-hybridized carbons (Fsp3) is 0.231. The number of para-hydroxylation sites is 1. The summed E-state index contributed by atoms with van der Waals surface area (Å²) in [7, 11) is 0. The van der Waals surface area contributed by atoms with Crippen LogP contribution in [0.25, 0.3) is 22.2 Å². The lowest BCUT2D eigenvalue weighted by Gasteiger charge is -2.15. The Morgan fingerprint density at radius 3 is 2.62 bits per heavy atom. The molecule has 2 aromatic carbocycles. The fourth-order valence-corrected chi connectivity index (χ4v) is 4.01. The first-order valence-corrected chi connectivity index (χ1v) is 12.0. The molecule has 0 atom stereocenters. The molecule has 0 aliphatic rings. The molecule has 190 valence electrons. The SMILES string of the molecule is Cc1nc(NCCNc2ccnc3cc(Cl)ccc23)nc(-c2ccccc2[N+](=O)[O-])c1C(=O)OC(C)C. The van der Waals surface area contributed by atoms with Crippen molar-refractivity contribution in [3.05, 3.63) is 81.1 Å². The average Bonchev–Trinajstić information content (AvgIpc) is 2.85. The molecule has 11 heteroatoms. The number of carbonyl (C=O) groups is 1. The van der Waals surface area contributed by atoms with Crippen molar-refractivity contribution in [2.45, 2.75) is 26.9 Å². The summed E-state index contributed by atoms with van der Waals surface area (Å²) in [4.78, 5) is 37.3. The molecule has 4 rings (SSSR count). The number of aryl methyl sites for hydroxylation is 1. The Morgan fingerprint density at radius 1 is 1.11 bits per heavy atom. The summed E-state index contributed by atoms with van der Waals surface area (Å²) in [6.45, 7) is 6.05. The minimum atomic E-state index is -0.640. The molecule has 37 heavy (non-hydrogen) atoms. The number of hydrogen-bond donors (Lipinski definition) is 2. The van der Waals surface area contributed by atoms with Gasteiger partial charge in [-0.2, -0.15) is 0 Å². The van der Waals surface area contributed by atoms with Crippen LogP contribution < -0.4 is 10.6 Å². The monoisotopic (exact) mass is 520 g/mol. The predicted octanol–water partition coefficient (Wildman–Crippen LogP) is 5.65. The van der Waals surface area contributed by atoms with Gasteiger partial charge in [0, 0.05) is 41.4 Å². The van der Waals surface area contributed by atoms with E-state index in [1.165, 1.54) is 6.07 Å². The third kappa shape index (κ3) is 5.92. The van der Waals surface area contributed by atoms with Crippen molar-refractivity contribution in [1.82, 2.24) is 15.0 Å². The highest BCUT2D eigenvalue weighted by molar-refractivity contribution is 6.31. The van der Waals surface area contributed by atoms with Crippen molar-refractivity contribution < 1.29 is 14.5 Å². The number of nitrogens with zero attached hydrogens (tertiary/aromatic N) is 4. The van der Waals surface area contributed by atoms with Crippen molar-refractivity contribution >= 4 is 45.8 Å². The van der Waals surface area contributed by atoms with Gasteiger partial charge in [0.2, 0.25) is 5.95 Å². The van der Waals surface area contributed by atoms with Crippen LogP contribution in [0.15, 0.2) is 54.7 Å². The minimum Gasteiger partial charge on any atom is -0.459 e. The maximum Gasteiger partial charge on any atom is 0.342 e. The molecule has 0 aliphatic carbocycles. The third-order valence-electron chi connectivity index (χ3n) is 5.42. The zero-order valence-corrected chi connectivity index (χ0v) is 21.2. The van der Waals surface area contributed by atoms with Gasteiger partial charge >= 0.3 is 5.97 Å². The Morgan fingerprint density at radius 2 is 1.86 bits per heavy atom. The van der Waals surface area contributed by atoms with Gasteiger partial charge in [0.25, 0.3) is 5.69 Å². The van der Waals surface area contributed by atoms with Gasteiger partial charge in [-0.15, -0.1) is 0 Å². The molecule has 0 amide bonds. The largest absolute Gasteiger partial charge is 0.459 e. The van der Waals surface area contributed by atoms with Gasteiger partial charge in [0.1, 0.15) is 5.56 Å². The topological polar surface area (TPSA) is 132 Å². The van der Waals surface area contributed by atoms with Gasteiger partial charge in [0.05, 0.1) is 33.5 Å². The number of nitro benzene ring substituents is 1. The molecule has 0 radical (unpaired) electrons. The van der Waals surface area contributed by atoms with Gasteiger partial charge < -0.3 is 15.4 Å². The second kappa shape index (κ2) is 11.2. The number of aromatic nitrogens is 3. The molecule has 0 fully saturated rings. The molecule has 0 bridgehead atoms. The Balaban J connectivity index is 1.59. The number of anilines is 2. The number of halogens is 1. The molecule has 0 unspecified atom stereocenters. The summed E-state index contributed by atoms with van der Waals surface area (Å²) in [6, 6.07) is 13.5. The highest BCUT2D eigenvalue weighted by atomic mass is 35.5. The van der Waals surface area contributed by atoms with E-state index < -0.39 is 10.9 Å². The van der Waals surface area contributed by atoms with E-state index in [0.717, 1.165) is 16.6 Å². The molecular formula is C26H25ClN6O4. The first-order valence-electron chi connectivity index (χ1n) is 11.6. The first-order chi connectivity index (χ1) is 17.7. The molecule has 0 saturated heterocycles. The third-order valence-corrected chi connectivity index (χ3v) is 5.66. The lowest BCUT2D eigenvalue weighted by atomic mass is 10.0. The Labute approximate surface area is 218 Å². The Kier molecular flexibility index (Phi) is 7.78. The van der Waals surface area contributed by atoms with Gasteiger partial charge in [-0.05, 0) is 51.1 Å². The quantitative estimate of drug-likeness (QED) is 0.124. The van der Waals surface area contributed by atoms with Crippen molar-refractivity contribution in [3.63, 3.8) is 0 Å². The second-order valence-corrected chi connectivity index (χ2v) is 8.89. The van der Waals surface area contributed by atoms with Crippen molar-refractivity contribution in [1.29, 1.82) is 0 Å². The van der Waals surface area contributed by atoms with Gasteiger partial charge in [-0.25, -0.2) is 14.8 Å². The lowest BCUT2D eigenvalue weighted by Crippen LogP contribution is -2.19. The number of carbonyl (C=O) groups excluding carboxylic acids is 1. The summed E-state index contributed by atoms with van der Waals surface area (Å²) in [6.07, 6.45) is 1.32. The molecule has 2 heterocycles. The normalized spacial score (nSPS) is 10.9. The maximum atomic E-state index is 12.9. The number of nitrogens with one attached hydrogen (secondary N) is 2. The summed E-state index contributed by atoms with van der Waals surface area (Å²) in [5.74, 6) is -0.404. The molecule has 0 spiro atoms. The highest BCUT2D eigenvalue weighted by Crippen LogP contribution is 2.33. The lowest BCUT2D eigenvalue weighted by molar-refractivity contribution is -0.384. The summed E-state index contributed by atoms with van der Waals surface area (Å²) < 4.78 is 5.38. The van der Waals surface area contributed by atoms with E-state index in [0.29, 0.717) is 23.8 Å². The number of benzene rings is 2. The average molecular weight is 521 g/mol. The van der Waals surface area contributed by atoms with Crippen LogP contribution in [0, 0.1) is 17.0 Å². The van der Waals surface area contributed by atoms with Gasteiger partial charge in [-0.3, -0.25) is 15.1 Å². The number of hydrogen-bond acceptors (Lipinski definition) is 9. The van der Waals surface area contributed by atoms with E-state index >= 15 is 0 Å². The number of fused-ring (bicyclic) bond motifs is 1. The van der Waals surface area contributed by atoms with E-state index in [1.54, 1.807) is 51.2 Å². The Hall–Kier alpha value is -4.31. The number of rotatable bonds is 9. The molecule has 2 aromatic heterocycles. The van der Waals surface area contributed by atoms with E-state index in [4.69, 9.17) is 16.3 Å². The van der Waals surface area contributed by atoms with Crippen LogP contribution in [0.1, 0.15) is 29.9 Å². The molecule has 4 aromatic rings. The molecular weight excluding hydrogens is 496 g/mol. The van der Waals surface area contributed by atoms with Crippen LogP contribution in [0.5, 0.6) is 0 Å². The number of esters is 1. The summed E-state index contributed by atoms with van der Waals surface area (Å²) >= 11 is 6.07. The highest BCUT2D eigenvalue weighted by Gasteiger charge is 2.26. The zero-order valence-electron chi connectivity index (χ0n) is 20.5. The molecule has 10 nitrogen and oxygen atoms in total. The minimum absolute atomic E-state index is 0.0913.